The molecule has 1 aliphatic rings. The molecule has 0 atom stereocenters. The van der Waals surface area contributed by atoms with Crippen LogP contribution in [0.5, 0.6) is 5.75 Å². The van der Waals surface area contributed by atoms with Crippen LogP contribution in [0.2, 0.25) is 0 Å². The number of benzene rings is 2. The molecule has 1 heterocycles. The Kier molecular flexibility index (Phi) is 6.40. The largest absolute Gasteiger partial charge is 0.497 e. The van der Waals surface area contributed by atoms with Crippen LogP contribution in [0.1, 0.15) is 62.0 Å². The number of methoxy groups -OCH3 is 1. The van der Waals surface area contributed by atoms with Crippen molar-refractivity contribution in [2.24, 2.45) is 10.9 Å². The molecule has 3 rings (SSSR count). The highest BCUT2D eigenvalue weighted by molar-refractivity contribution is 6.17. The Hall–Kier alpha value is -2.95. The molecule has 5 nitrogen and oxygen atoms in total. The first kappa shape index (κ1) is 21.8. The van der Waals surface area contributed by atoms with Crippen molar-refractivity contribution in [3.8, 4) is 5.75 Å². The van der Waals surface area contributed by atoms with E-state index in [0.717, 1.165) is 23.4 Å². The maximum absolute atomic E-state index is 13.0. The van der Waals surface area contributed by atoms with E-state index >= 15 is 0 Å². The Morgan fingerprint density at radius 2 is 1.83 bits per heavy atom. The molecule has 1 N–H and O–H groups in total. The Labute approximate surface area is 178 Å². The number of nitrogens with zero attached hydrogens (tertiary/aromatic N) is 1. The van der Waals surface area contributed by atoms with E-state index in [1.807, 2.05) is 26.0 Å². The highest BCUT2D eigenvalue weighted by Crippen LogP contribution is 2.31. The number of hydrogen-bond donors (Lipinski definition) is 1. The minimum Gasteiger partial charge on any atom is -0.497 e. The molecular weight excluding hydrogens is 376 g/mol. The van der Waals surface area contributed by atoms with Crippen LogP contribution in [0.25, 0.3) is 0 Å². The van der Waals surface area contributed by atoms with Crippen molar-refractivity contribution in [1.82, 2.24) is 0 Å². The van der Waals surface area contributed by atoms with E-state index in [9.17, 15) is 9.59 Å². The molecule has 5 heteroatoms. The molecule has 0 saturated heterocycles. The van der Waals surface area contributed by atoms with Gasteiger partial charge in [-0.25, -0.2) is 0 Å². The fraction of sp³-hybridized carbons (Fsp3) is 0.400. The van der Waals surface area contributed by atoms with Crippen LogP contribution in [0.4, 0.5) is 5.69 Å². The lowest BCUT2D eigenvalue weighted by atomic mass is 9.85. The molecule has 0 saturated carbocycles. The molecule has 158 valence electrons. The van der Waals surface area contributed by atoms with Crippen molar-refractivity contribution in [2.75, 3.05) is 12.4 Å². The van der Waals surface area contributed by atoms with Gasteiger partial charge in [0.2, 0.25) is 5.91 Å². The monoisotopic (exact) mass is 406 g/mol. The van der Waals surface area contributed by atoms with Crippen molar-refractivity contribution in [1.29, 1.82) is 0 Å². The quantitative estimate of drug-likeness (QED) is 0.652. The molecule has 0 spiro atoms. The molecular formula is C25H30N2O3. The second kappa shape index (κ2) is 8.82. The van der Waals surface area contributed by atoms with Gasteiger partial charge in [-0.05, 0) is 68.1 Å². The molecule has 0 fully saturated rings. The smallest absolute Gasteiger partial charge is 0.224 e. The van der Waals surface area contributed by atoms with Crippen molar-refractivity contribution in [3.05, 3.63) is 59.2 Å². The third kappa shape index (κ3) is 5.35. The standard InChI is InChI=1S/C25H30N2O3/c1-16(2)12-24(29)26-19-9-6-17(7-10-19)23(28)14-22-21-13-20(30-5)11-8-18(21)15-25(3,4)27-22/h6-11,13,16H,12,14-15H2,1-5H3,(H,26,29). The summed E-state index contributed by atoms with van der Waals surface area (Å²) in [5, 5.41) is 2.87. The van der Waals surface area contributed by atoms with Crippen molar-refractivity contribution >= 4 is 23.1 Å². The average molecular weight is 407 g/mol. The number of ether oxygens (including phenoxy) is 1. The highest BCUT2D eigenvalue weighted by atomic mass is 16.5. The molecule has 2 aromatic rings. The summed E-state index contributed by atoms with van der Waals surface area (Å²) in [7, 11) is 1.64. The van der Waals surface area contributed by atoms with Gasteiger partial charge in [0.05, 0.1) is 24.8 Å². The molecule has 2 aromatic carbocycles. The second-order valence-corrected chi connectivity index (χ2v) is 8.89. The molecule has 30 heavy (non-hydrogen) atoms. The van der Waals surface area contributed by atoms with E-state index < -0.39 is 0 Å². The van der Waals surface area contributed by atoms with Crippen LogP contribution in [-0.4, -0.2) is 30.1 Å². The molecule has 0 unspecified atom stereocenters. The Morgan fingerprint density at radius 3 is 2.47 bits per heavy atom. The first-order valence-electron chi connectivity index (χ1n) is 10.4. The number of carbonyl (C=O) groups is 2. The van der Waals surface area contributed by atoms with Crippen LogP contribution in [-0.2, 0) is 11.2 Å². The number of amides is 1. The predicted octanol–water partition coefficient (Wildman–Crippen LogP) is 5.08. The molecule has 0 radical (unpaired) electrons. The van der Waals surface area contributed by atoms with Crippen molar-refractivity contribution < 1.29 is 14.3 Å². The van der Waals surface area contributed by atoms with Gasteiger partial charge < -0.3 is 10.1 Å². The fourth-order valence-corrected chi connectivity index (χ4v) is 3.75. The Balaban J connectivity index is 1.77. The second-order valence-electron chi connectivity index (χ2n) is 8.89. The predicted molar refractivity (Wildman–Crippen MR) is 121 cm³/mol. The first-order valence-corrected chi connectivity index (χ1v) is 10.4. The summed E-state index contributed by atoms with van der Waals surface area (Å²) in [6.07, 6.45) is 1.52. The van der Waals surface area contributed by atoms with Gasteiger partial charge in [0.1, 0.15) is 5.75 Å². The summed E-state index contributed by atoms with van der Waals surface area (Å²) in [5.41, 5.74) is 4.01. The third-order valence-electron chi connectivity index (χ3n) is 5.10. The number of fused-ring (bicyclic) bond motifs is 1. The minimum absolute atomic E-state index is 0.000256. The lowest BCUT2D eigenvalue weighted by Gasteiger charge is -2.29. The van der Waals surface area contributed by atoms with Gasteiger partial charge in [0.25, 0.3) is 0 Å². The number of rotatable bonds is 7. The summed E-state index contributed by atoms with van der Waals surface area (Å²) in [5.74, 6) is 1.04. The fourth-order valence-electron chi connectivity index (χ4n) is 3.75. The normalized spacial score (nSPS) is 14.7. The number of ketones is 1. The van der Waals surface area contributed by atoms with Crippen molar-refractivity contribution in [3.63, 3.8) is 0 Å². The third-order valence-corrected chi connectivity index (χ3v) is 5.10. The van der Waals surface area contributed by atoms with Gasteiger partial charge in [-0.3, -0.25) is 14.6 Å². The number of anilines is 1. The van der Waals surface area contributed by atoms with Gasteiger partial charge in [0, 0.05) is 23.2 Å². The Bertz CT molecular complexity index is 972. The first-order chi connectivity index (χ1) is 14.2. The SMILES string of the molecule is COc1ccc2c(c1)C(CC(=O)c1ccc(NC(=O)CC(C)C)cc1)=NC(C)(C)C2. The molecule has 1 amide bonds. The van der Waals surface area contributed by atoms with Gasteiger partial charge in [-0.15, -0.1) is 0 Å². The van der Waals surface area contributed by atoms with E-state index in [-0.39, 0.29) is 23.7 Å². The minimum atomic E-state index is -0.248. The van der Waals surface area contributed by atoms with Crippen LogP contribution >= 0.6 is 0 Å². The zero-order valence-electron chi connectivity index (χ0n) is 18.4. The molecule has 0 aromatic heterocycles. The lowest BCUT2D eigenvalue weighted by Crippen LogP contribution is -2.30. The highest BCUT2D eigenvalue weighted by Gasteiger charge is 2.28. The number of carbonyl (C=O) groups excluding carboxylic acids is 2. The van der Waals surface area contributed by atoms with E-state index in [1.54, 1.807) is 31.4 Å². The van der Waals surface area contributed by atoms with E-state index in [4.69, 9.17) is 9.73 Å². The maximum atomic E-state index is 13.0. The van der Waals surface area contributed by atoms with Gasteiger partial charge in [0.15, 0.2) is 5.78 Å². The average Bonchev–Trinajstić information content (AvgIpc) is 2.66. The number of aliphatic imine (C=N–C) groups is 1. The zero-order valence-corrected chi connectivity index (χ0v) is 18.4. The maximum Gasteiger partial charge on any atom is 0.224 e. The van der Waals surface area contributed by atoms with Crippen LogP contribution in [0.3, 0.4) is 0 Å². The Morgan fingerprint density at radius 1 is 1.13 bits per heavy atom. The summed E-state index contributed by atoms with van der Waals surface area (Å²) in [6, 6.07) is 13.0. The summed E-state index contributed by atoms with van der Waals surface area (Å²) in [6.45, 7) is 8.17. The summed E-state index contributed by atoms with van der Waals surface area (Å²) >= 11 is 0. The zero-order chi connectivity index (χ0) is 21.9. The van der Waals surface area contributed by atoms with Gasteiger partial charge in [-0.2, -0.15) is 0 Å². The molecule has 0 aliphatic carbocycles. The molecule has 1 aliphatic heterocycles. The van der Waals surface area contributed by atoms with Crippen LogP contribution in [0, 0.1) is 5.92 Å². The summed E-state index contributed by atoms with van der Waals surface area (Å²) < 4.78 is 5.36. The van der Waals surface area contributed by atoms with E-state index in [2.05, 4.69) is 25.2 Å². The number of hydrogen-bond acceptors (Lipinski definition) is 4. The lowest BCUT2D eigenvalue weighted by molar-refractivity contribution is -0.116. The van der Waals surface area contributed by atoms with Crippen LogP contribution in [0.15, 0.2) is 47.5 Å². The van der Waals surface area contributed by atoms with Crippen LogP contribution < -0.4 is 10.1 Å². The topological polar surface area (TPSA) is 67.8 Å². The van der Waals surface area contributed by atoms with E-state index in [1.165, 1.54) is 5.56 Å². The van der Waals surface area contributed by atoms with Gasteiger partial charge >= 0.3 is 0 Å². The molecule has 0 bridgehead atoms. The summed E-state index contributed by atoms with van der Waals surface area (Å²) in [4.78, 5) is 29.8. The van der Waals surface area contributed by atoms with Gasteiger partial charge in [-0.1, -0.05) is 19.9 Å². The number of nitrogens with one attached hydrogen (secondary N) is 1. The van der Waals surface area contributed by atoms with Crippen molar-refractivity contribution in [2.45, 2.75) is 52.5 Å². The number of Topliss-reactive ketones (excluding diaryl/α,β-unsaturated/α-hetero) is 1. The van der Waals surface area contributed by atoms with E-state index in [0.29, 0.717) is 23.6 Å².